The van der Waals surface area contributed by atoms with Crippen LogP contribution in [-0.4, -0.2) is 26.8 Å². The first kappa shape index (κ1) is 11.3. The van der Waals surface area contributed by atoms with Crippen LogP contribution in [0.2, 0.25) is 0 Å². The van der Waals surface area contributed by atoms with Crippen molar-refractivity contribution in [2.24, 2.45) is 0 Å². The summed E-state index contributed by atoms with van der Waals surface area (Å²) >= 11 is 3.35. The third kappa shape index (κ3) is 1.78. The summed E-state index contributed by atoms with van der Waals surface area (Å²) in [6.07, 6.45) is 3.34. The van der Waals surface area contributed by atoms with Crippen molar-refractivity contribution in [3.63, 3.8) is 0 Å². The molecule has 0 amide bonds. The Labute approximate surface area is 101 Å². The van der Waals surface area contributed by atoms with Crippen molar-refractivity contribution >= 4 is 21.6 Å². The smallest absolute Gasteiger partial charge is 0.169 e. The maximum atomic E-state index is 10.0. The monoisotopic (exact) mass is 285 g/mol. The molecule has 2 rings (SSSR count). The van der Waals surface area contributed by atoms with E-state index in [1.165, 1.54) is 7.11 Å². The van der Waals surface area contributed by atoms with E-state index >= 15 is 0 Å². The average Bonchev–Trinajstić information content (AvgIpc) is 2.57. The minimum Gasteiger partial charge on any atom is -0.493 e. The van der Waals surface area contributed by atoms with Gasteiger partial charge in [-0.1, -0.05) is 0 Å². The van der Waals surface area contributed by atoms with Crippen LogP contribution < -0.4 is 4.74 Å². The number of ether oxygens (including phenoxy) is 1. The first-order chi connectivity index (χ1) is 7.43. The highest BCUT2D eigenvalue weighted by Crippen LogP contribution is 2.29. The summed E-state index contributed by atoms with van der Waals surface area (Å²) in [5.74, 6) is 0.510. The molecule has 0 aliphatic carbocycles. The molecule has 0 aliphatic heterocycles. The molecule has 6 heteroatoms. The molecule has 5 nitrogen and oxygen atoms in total. The summed E-state index contributed by atoms with van der Waals surface area (Å²) in [5.41, 5.74) is 0.0817. The number of aromatic nitrogens is 3. The van der Waals surface area contributed by atoms with Crippen LogP contribution in [0.4, 0.5) is 0 Å². The van der Waals surface area contributed by atoms with Gasteiger partial charge in [0, 0.05) is 0 Å². The van der Waals surface area contributed by atoms with Gasteiger partial charge in [0.15, 0.2) is 11.4 Å². The van der Waals surface area contributed by atoms with Crippen LogP contribution in [0.15, 0.2) is 16.9 Å². The number of hydrogen-bond donors (Lipinski definition) is 1. The van der Waals surface area contributed by atoms with E-state index in [1.54, 1.807) is 30.8 Å². The molecule has 0 saturated carbocycles. The Hall–Kier alpha value is -1.14. The molecule has 0 spiro atoms. The van der Waals surface area contributed by atoms with Crippen molar-refractivity contribution < 1.29 is 9.84 Å². The van der Waals surface area contributed by atoms with E-state index in [9.17, 15) is 5.11 Å². The predicted octanol–water partition coefficient (Wildman–Crippen LogP) is 1.73. The number of halogens is 1. The van der Waals surface area contributed by atoms with Gasteiger partial charge >= 0.3 is 0 Å². The zero-order valence-corrected chi connectivity index (χ0v) is 10.8. The van der Waals surface area contributed by atoms with E-state index in [0.29, 0.717) is 17.1 Å². The quantitative estimate of drug-likeness (QED) is 0.913. The summed E-state index contributed by atoms with van der Waals surface area (Å²) < 4.78 is 7.56. The third-order valence-electron chi connectivity index (χ3n) is 2.22. The lowest BCUT2D eigenvalue weighted by Gasteiger charge is -2.19. The molecule has 0 aliphatic rings. The number of methoxy groups -OCH3 is 1. The van der Waals surface area contributed by atoms with E-state index < -0.39 is 5.60 Å². The largest absolute Gasteiger partial charge is 0.493 e. The zero-order chi connectivity index (χ0) is 11.9. The number of aliphatic hydroxyl groups is 1. The highest BCUT2D eigenvalue weighted by molar-refractivity contribution is 9.10. The Kier molecular flexibility index (Phi) is 2.63. The maximum absolute atomic E-state index is 10.0. The Morgan fingerprint density at radius 2 is 2.19 bits per heavy atom. The summed E-state index contributed by atoms with van der Waals surface area (Å²) in [6, 6.07) is 0. The number of hydrogen-bond acceptors (Lipinski definition) is 4. The number of fused-ring (bicyclic) bond motifs is 1. The van der Waals surface area contributed by atoms with Crippen molar-refractivity contribution in [3.8, 4) is 5.75 Å². The van der Waals surface area contributed by atoms with Crippen LogP contribution in [0.1, 0.15) is 19.5 Å². The third-order valence-corrected chi connectivity index (χ3v) is 2.78. The van der Waals surface area contributed by atoms with Crippen molar-refractivity contribution in [1.29, 1.82) is 0 Å². The van der Waals surface area contributed by atoms with Gasteiger partial charge in [0.05, 0.1) is 24.0 Å². The highest BCUT2D eigenvalue weighted by Gasteiger charge is 2.24. The second-order valence-electron chi connectivity index (χ2n) is 3.98. The molecular formula is C10H12BrN3O2. The van der Waals surface area contributed by atoms with Gasteiger partial charge in [0.1, 0.15) is 11.3 Å². The molecule has 0 aromatic carbocycles. The summed E-state index contributed by atoms with van der Waals surface area (Å²) in [6.45, 7) is 3.33. The van der Waals surface area contributed by atoms with E-state index in [4.69, 9.17) is 4.74 Å². The van der Waals surface area contributed by atoms with Gasteiger partial charge in [0.2, 0.25) is 0 Å². The second kappa shape index (κ2) is 3.71. The van der Waals surface area contributed by atoms with Crippen LogP contribution in [-0.2, 0) is 5.60 Å². The fraction of sp³-hybridized carbons (Fsp3) is 0.400. The van der Waals surface area contributed by atoms with Crippen LogP contribution >= 0.6 is 15.9 Å². The van der Waals surface area contributed by atoms with E-state index in [0.717, 1.165) is 4.47 Å². The van der Waals surface area contributed by atoms with Gasteiger partial charge in [0.25, 0.3) is 0 Å². The van der Waals surface area contributed by atoms with Crippen LogP contribution in [0.3, 0.4) is 0 Å². The lowest BCUT2D eigenvalue weighted by molar-refractivity contribution is 0.0707. The zero-order valence-electron chi connectivity index (χ0n) is 9.23. The van der Waals surface area contributed by atoms with Gasteiger partial charge in [-0.15, -0.1) is 0 Å². The van der Waals surface area contributed by atoms with E-state index in [2.05, 4.69) is 26.0 Å². The molecule has 2 aromatic rings. The molecule has 0 fully saturated rings. The molecule has 1 N–H and O–H groups in total. The van der Waals surface area contributed by atoms with Crippen molar-refractivity contribution in [2.45, 2.75) is 19.4 Å². The van der Waals surface area contributed by atoms with Gasteiger partial charge in [-0.05, 0) is 29.8 Å². The first-order valence-electron chi connectivity index (χ1n) is 4.74. The second-order valence-corrected chi connectivity index (χ2v) is 4.83. The molecular weight excluding hydrogens is 274 g/mol. The molecule has 0 saturated heterocycles. The summed E-state index contributed by atoms with van der Waals surface area (Å²) in [4.78, 5) is 4.36. The Morgan fingerprint density at radius 3 is 2.75 bits per heavy atom. The van der Waals surface area contributed by atoms with Gasteiger partial charge in [-0.2, -0.15) is 5.10 Å². The van der Waals surface area contributed by atoms with Crippen molar-refractivity contribution in [3.05, 3.63) is 22.6 Å². The molecule has 0 unspecified atom stereocenters. The Bertz CT molecular complexity index is 531. The van der Waals surface area contributed by atoms with E-state index in [-0.39, 0.29) is 0 Å². The van der Waals surface area contributed by atoms with Gasteiger partial charge in [-0.25, -0.2) is 9.50 Å². The lowest BCUT2D eigenvalue weighted by atomic mass is 10.0. The van der Waals surface area contributed by atoms with Crippen LogP contribution in [0.5, 0.6) is 5.75 Å². The molecule has 0 bridgehead atoms. The highest BCUT2D eigenvalue weighted by atomic mass is 79.9. The van der Waals surface area contributed by atoms with Gasteiger partial charge < -0.3 is 9.84 Å². The maximum Gasteiger partial charge on any atom is 0.169 e. The number of nitrogens with zero attached hydrogens (tertiary/aromatic N) is 3. The van der Waals surface area contributed by atoms with Crippen LogP contribution in [0, 0.1) is 0 Å². The SMILES string of the molecule is COc1cn2ncc(Br)c2nc1C(C)(C)O. The standard InChI is InChI=1S/C10H12BrN3O2/c1-10(2,15)8-7(16-3)5-14-9(13-8)6(11)4-12-14/h4-5,15H,1-3H3. The van der Waals surface area contributed by atoms with E-state index in [1.807, 2.05) is 0 Å². The molecule has 2 aromatic heterocycles. The molecule has 0 atom stereocenters. The predicted molar refractivity (Wildman–Crippen MR) is 62.5 cm³/mol. The molecule has 86 valence electrons. The normalized spacial score (nSPS) is 12.1. The molecule has 0 radical (unpaired) electrons. The topological polar surface area (TPSA) is 59.7 Å². The minimum atomic E-state index is -1.06. The first-order valence-corrected chi connectivity index (χ1v) is 5.53. The Morgan fingerprint density at radius 1 is 1.50 bits per heavy atom. The lowest BCUT2D eigenvalue weighted by Crippen LogP contribution is -2.19. The minimum absolute atomic E-state index is 0.490. The number of rotatable bonds is 2. The summed E-state index contributed by atoms with van der Waals surface area (Å²) in [5, 5.41) is 14.1. The van der Waals surface area contributed by atoms with Crippen molar-refractivity contribution in [2.75, 3.05) is 7.11 Å². The van der Waals surface area contributed by atoms with Crippen LogP contribution in [0.25, 0.3) is 5.65 Å². The fourth-order valence-corrected chi connectivity index (χ4v) is 1.82. The van der Waals surface area contributed by atoms with Crippen molar-refractivity contribution in [1.82, 2.24) is 14.6 Å². The Balaban J connectivity index is 2.75. The summed E-state index contributed by atoms with van der Waals surface area (Å²) in [7, 11) is 1.54. The fourth-order valence-electron chi connectivity index (χ4n) is 1.45. The average molecular weight is 286 g/mol. The molecule has 2 heterocycles. The molecule has 16 heavy (non-hydrogen) atoms. The van der Waals surface area contributed by atoms with Gasteiger partial charge in [-0.3, -0.25) is 0 Å².